The van der Waals surface area contributed by atoms with Crippen LogP contribution in [0.4, 0.5) is 0 Å². The topological polar surface area (TPSA) is 77.2 Å². The van der Waals surface area contributed by atoms with Gasteiger partial charge in [0, 0.05) is 24.7 Å². The van der Waals surface area contributed by atoms with Crippen molar-refractivity contribution in [1.29, 1.82) is 0 Å². The van der Waals surface area contributed by atoms with Crippen molar-refractivity contribution in [2.75, 3.05) is 6.61 Å². The fourth-order valence-electron chi connectivity index (χ4n) is 4.09. The molecule has 0 amide bonds. The molecule has 2 heterocycles. The fourth-order valence-corrected chi connectivity index (χ4v) is 4.09. The molecule has 0 atom stereocenters. The number of aromatic nitrogens is 3. The summed E-state index contributed by atoms with van der Waals surface area (Å²) in [5, 5.41) is 10.5. The number of Topliss-reactive ketones (excluding diaryl/α,β-unsaturated/α-hetero) is 1. The van der Waals surface area contributed by atoms with Crippen molar-refractivity contribution in [3.8, 4) is 23.0 Å². The van der Waals surface area contributed by atoms with Crippen molar-refractivity contribution in [3.05, 3.63) is 71.9 Å². The molecule has 0 fully saturated rings. The van der Waals surface area contributed by atoms with Crippen LogP contribution in [0.15, 0.2) is 60.8 Å². The number of rotatable bonds is 10. The molecular formula is C28H31N3O3. The lowest BCUT2D eigenvalue weighted by atomic mass is 9.98. The molecule has 0 saturated heterocycles. The summed E-state index contributed by atoms with van der Waals surface area (Å²) in [5.41, 5.74) is 3.87. The zero-order valence-corrected chi connectivity index (χ0v) is 20.0. The van der Waals surface area contributed by atoms with Crippen LogP contribution >= 0.6 is 0 Å². The second-order valence-electron chi connectivity index (χ2n) is 8.95. The van der Waals surface area contributed by atoms with Crippen LogP contribution < -0.4 is 4.74 Å². The minimum absolute atomic E-state index is 0.0213. The van der Waals surface area contributed by atoms with Gasteiger partial charge < -0.3 is 14.4 Å². The van der Waals surface area contributed by atoms with E-state index < -0.39 is 0 Å². The zero-order chi connectivity index (χ0) is 24.1. The average Bonchev–Trinajstić information content (AvgIpc) is 3.20. The minimum Gasteiger partial charge on any atom is -0.507 e. The number of carbonyl (C=O) groups is 1. The van der Waals surface area contributed by atoms with Crippen LogP contribution in [0.1, 0.15) is 49.0 Å². The number of benzene rings is 2. The van der Waals surface area contributed by atoms with Crippen molar-refractivity contribution in [1.82, 2.24) is 14.5 Å². The van der Waals surface area contributed by atoms with E-state index in [1.165, 1.54) is 0 Å². The number of phenolic OH excluding ortho intramolecular Hbond substituents is 1. The number of nitrogens with zero attached hydrogens (tertiary/aromatic N) is 3. The molecule has 2 aromatic heterocycles. The number of hydrogen-bond acceptors (Lipinski definition) is 5. The normalized spacial score (nSPS) is 11.3. The highest BCUT2D eigenvalue weighted by molar-refractivity contribution is 5.99. The molecule has 0 aliphatic rings. The van der Waals surface area contributed by atoms with E-state index in [0.29, 0.717) is 29.9 Å². The number of phenols is 1. The summed E-state index contributed by atoms with van der Waals surface area (Å²) in [6, 6.07) is 17.4. The third-order valence-corrected chi connectivity index (χ3v) is 5.86. The summed E-state index contributed by atoms with van der Waals surface area (Å²) < 4.78 is 8.16. The molecular weight excluding hydrogens is 426 g/mol. The monoisotopic (exact) mass is 457 g/mol. The van der Waals surface area contributed by atoms with Gasteiger partial charge in [-0.25, -0.2) is 4.98 Å². The Bertz CT molecular complexity index is 1280. The van der Waals surface area contributed by atoms with E-state index in [2.05, 4.69) is 15.6 Å². The number of ketones is 1. The summed E-state index contributed by atoms with van der Waals surface area (Å²) in [6.07, 6.45) is 3.93. The number of ether oxygens (including phenoxy) is 1. The highest BCUT2D eigenvalue weighted by atomic mass is 16.5. The molecule has 6 nitrogen and oxygen atoms in total. The quantitative estimate of drug-likeness (QED) is 0.227. The van der Waals surface area contributed by atoms with Crippen LogP contribution in [0.25, 0.3) is 22.6 Å². The third-order valence-electron chi connectivity index (χ3n) is 5.86. The molecule has 0 aliphatic carbocycles. The Hall–Kier alpha value is -3.67. The Balaban J connectivity index is 1.39. The first kappa shape index (κ1) is 23.5. The molecule has 0 saturated carbocycles. The SMILES string of the molecule is Cc1c(OCCCCn2c(-c3ccccn3)nc3ccccc32)ccc(C(=O)CC(C)C)c1O. The Morgan fingerprint density at radius 1 is 1.06 bits per heavy atom. The molecule has 0 spiro atoms. The van der Waals surface area contributed by atoms with Gasteiger partial charge in [0.2, 0.25) is 0 Å². The van der Waals surface area contributed by atoms with Gasteiger partial charge in [-0.3, -0.25) is 9.78 Å². The molecule has 0 unspecified atom stereocenters. The minimum atomic E-state index is -0.0431. The average molecular weight is 458 g/mol. The smallest absolute Gasteiger partial charge is 0.166 e. The molecule has 4 rings (SSSR count). The van der Waals surface area contributed by atoms with Crippen LogP contribution in [0.5, 0.6) is 11.5 Å². The number of fused-ring (bicyclic) bond motifs is 1. The van der Waals surface area contributed by atoms with Crippen LogP contribution in [-0.2, 0) is 6.54 Å². The Morgan fingerprint density at radius 2 is 1.85 bits per heavy atom. The summed E-state index contributed by atoms with van der Waals surface area (Å²) in [4.78, 5) is 21.7. The number of carbonyl (C=O) groups excluding carboxylic acids is 1. The van der Waals surface area contributed by atoms with Gasteiger partial charge in [-0.05, 0) is 62.1 Å². The molecule has 4 aromatic rings. The van der Waals surface area contributed by atoms with Gasteiger partial charge in [0.25, 0.3) is 0 Å². The first-order valence-electron chi connectivity index (χ1n) is 11.8. The molecule has 0 radical (unpaired) electrons. The van der Waals surface area contributed by atoms with Gasteiger partial charge in [-0.15, -0.1) is 0 Å². The molecule has 176 valence electrons. The third kappa shape index (κ3) is 5.11. The van der Waals surface area contributed by atoms with Gasteiger partial charge in [0.15, 0.2) is 11.6 Å². The number of pyridine rings is 1. The Morgan fingerprint density at radius 3 is 2.62 bits per heavy atom. The zero-order valence-electron chi connectivity index (χ0n) is 20.0. The van der Waals surface area contributed by atoms with E-state index in [4.69, 9.17) is 9.72 Å². The van der Waals surface area contributed by atoms with Gasteiger partial charge in [-0.1, -0.05) is 32.0 Å². The summed E-state index contributed by atoms with van der Waals surface area (Å²) in [6.45, 7) is 7.08. The lowest BCUT2D eigenvalue weighted by Gasteiger charge is -2.14. The number of aryl methyl sites for hydroxylation is 1. The van der Waals surface area contributed by atoms with E-state index in [9.17, 15) is 9.90 Å². The predicted octanol–water partition coefficient (Wildman–Crippen LogP) is 6.20. The fraction of sp³-hybridized carbons (Fsp3) is 0.321. The van der Waals surface area contributed by atoms with E-state index >= 15 is 0 Å². The number of aromatic hydroxyl groups is 1. The van der Waals surface area contributed by atoms with Crippen LogP contribution in [0.3, 0.4) is 0 Å². The van der Waals surface area contributed by atoms with Crippen LogP contribution in [0, 0.1) is 12.8 Å². The molecule has 6 heteroatoms. The lowest BCUT2D eigenvalue weighted by molar-refractivity contribution is 0.0965. The number of unbranched alkanes of at least 4 members (excludes halogenated alkanes) is 1. The van der Waals surface area contributed by atoms with Crippen molar-refractivity contribution in [2.24, 2.45) is 5.92 Å². The van der Waals surface area contributed by atoms with Crippen molar-refractivity contribution in [2.45, 2.75) is 46.6 Å². The molecule has 0 aliphatic heterocycles. The first-order chi connectivity index (χ1) is 16.5. The van der Waals surface area contributed by atoms with E-state index in [-0.39, 0.29) is 17.5 Å². The van der Waals surface area contributed by atoms with E-state index in [1.54, 1.807) is 25.3 Å². The maximum absolute atomic E-state index is 12.4. The molecule has 0 bridgehead atoms. The van der Waals surface area contributed by atoms with E-state index in [0.717, 1.165) is 41.9 Å². The Kier molecular flexibility index (Phi) is 7.26. The number of imidazole rings is 1. The van der Waals surface area contributed by atoms with Crippen LogP contribution in [-0.4, -0.2) is 32.0 Å². The molecule has 2 aromatic carbocycles. The van der Waals surface area contributed by atoms with Gasteiger partial charge in [-0.2, -0.15) is 0 Å². The Labute approximate surface area is 200 Å². The van der Waals surface area contributed by atoms with Crippen molar-refractivity contribution >= 4 is 16.8 Å². The van der Waals surface area contributed by atoms with Crippen molar-refractivity contribution < 1.29 is 14.6 Å². The van der Waals surface area contributed by atoms with Gasteiger partial charge in [0.1, 0.15) is 17.2 Å². The van der Waals surface area contributed by atoms with Gasteiger partial charge in [0.05, 0.1) is 23.2 Å². The number of para-hydroxylation sites is 2. The summed E-state index contributed by atoms with van der Waals surface area (Å²) >= 11 is 0. The van der Waals surface area contributed by atoms with Gasteiger partial charge >= 0.3 is 0 Å². The molecule has 1 N–H and O–H groups in total. The van der Waals surface area contributed by atoms with Crippen LogP contribution in [0.2, 0.25) is 0 Å². The summed E-state index contributed by atoms with van der Waals surface area (Å²) in [7, 11) is 0. The first-order valence-corrected chi connectivity index (χ1v) is 11.8. The predicted molar refractivity (Wildman–Crippen MR) is 134 cm³/mol. The number of hydrogen-bond donors (Lipinski definition) is 1. The van der Waals surface area contributed by atoms with E-state index in [1.807, 2.05) is 50.2 Å². The lowest BCUT2D eigenvalue weighted by Crippen LogP contribution is -2.07. The maximum atomic E-state index is 12.4. The van der Waals surface area contributed by atoms with Crippen molar-refractivity contribution in [3.63, 3.8) is 0 Å². The highest BCUT2D eigenvalue weighted by Gasteiger charge is 2.17. The summed E-state index contributed by atoms with van der Waals surface area (Å²) in [5.74, 6) is 1.70. The second-order valence-corrected chi connectivity index (χ2v) is 8.95. The largest absolute Gasteiger partial charge is 0.507 e. The highest BCUT2D eigenvalue weighted by Crippen LogP contribution is 2.32. The maximum Gasteiger partial charge on any atom is 0.166 e. The second kappa shape index (κ2) is 10.5. The standard InChI is InChI=1S/C28H31N3O3/c1-19(2)18-25(32)21-13-14-26(20(3)27(21)33)34-17-9-8-16-31-24-12-5-4-10-22(24)30-28(31)23-11-6-7-15-29-23/h4-7,10-15,19,33H,8-9,16-18H2,1-3H3. The molecule has 34 heavy (non-hydrogen) atoms.